The Morgan fingerprint density at radius 1 is 1.00 bits per heavy atom. The molecule has 148 valence electrons. The first-order chi connectivity index (χ1) is 14.2. The van der Waals surface area contributed by atoms with Crippen LogP contribution in [-0.2, 0) is 37.2 Å². The quantitative estimate of drug-likeness (QED) is 0.724. The zero-order valence-electron chi connectivity index (χ0n) is 16.3. The molecule has 0 atom stereocenters. The molecule has 0 radical (unpaired) electrons. The predicted molar refractivity (Wildman–Crippen MR) is 111 cm³/mol. The van der Waals surface area contributed by atoms with E-state index in [1.54, 1.807) is 0 Å². The van der Waals surface area contributed by atoms with Gasteiger partial charge in [0.25, 0.3) is 0 Å². The molecule has 1 amide bonds. The maximum atomic E-state index is 13.6. The van der Waals surface area contributed by atoms with Gasteiger partial charge in [-0.2, -0.15) is 5.10 Å². The number of aliphatic hydroxyl groups is 1. The van der Waals surface area contributed by atoms with Gasteiger partial charge in [-0.05, 0) is 36.1 Å². The molecule has 2 aliphatic rings. The fourth-order valence-corrected chi connectivity index (χ4v) is 4.49. The molecule has 0 saturated carbocycles. The Kier molecular flexibility index (Phi) is 4.66. The van der Waals surface area contributed by atoms with Crippen LogP contribution >= 0.6 is 0 Å². The molecule has 0 saturated heterocycles. The van der Waals surface area contributed by atoms with E-state index < -0.39 is 0 Å². The van der Waals surface area contributed by atoms with E-state index in [-0.39, 0.29) is 12.5 Å². The van der Waals surface area contributed by atoms with Crippen molar-refractivity contribution in [1.82, 2.24) is 15.1 Å². The van der Waals surface area contributed by atoms with Gasteiger partial charge in [0, 0.05) is 30.8 Å². The number of benzene rings is 2. The van der Waals surface area contributed by atoms with E-state index >= 15 is 0 Å². The Morgan fingerprint density at radius 3 is 2.31 bits per heavy atom. The van der Waals surface area contributed by atoms with Gasteiger partial charge >= 0.3 is 0 Å². The number of aliphatic hydroxyl groups excluding tert-OH is 1. The highest BCUT2D eigenvalue weighted by Crippen LogP contribution is 2.36. The summed E-state index contributed by atoms with van der Waals surface area (Å²) in [5.74, 6) is 0.0734. The molecule has 2 N–H and O–H groups in total. The van der Waals surface area contributed by atoms with E-state index in [9.17, 15) is 9.90 Å². The minimum Gasteiger partial charge on any atom is -0.390 e. The molecule has 0 bridgehead atoms. The average Bonchev–Trinajstić information content (AvgIpc) is 3.08. The number of hydrogen-bond donors (Lipinski definition) is 2. The van der Waals surface area contributed by atoms with E-state index in [1.807, 2.05) is 41.3 Å². The van der Waals surface area contributed by atoms with Crippen LogP contribution in [0.15, 0.2) is 48.5 Å². The lowest BCUT2D eigenvalue weighted by molar-refractivity contribution is -0.119. The largest absolute Gasteiger partial charge is 0.390 e. The highest BCUT2D eigenvalue weighted by atomic mass is 16.3. The number of para-hydroxylation sites is 2. The van der Waals surface area contributed by atoms with Gasteiger partial charge < -0.3 is 5.11 Å². The third kappa shape index (κ3) is 3.24. The molecule has 29 heavy (non-hydrogen) atoms. The van der Waals surface area contributed by atoms with Gasteiger partial charge in [0.1, 0.15) is 0 Å². The van der Waals surface area contributed by atoms with Crippen molar-refractivity contribution in [1.29, 1.82) is 0 Å². The molecule has 6 nitrogen and oxygen atoms in total. The molecule has 1 aromatic heterocycles. The zero-order valence-corrected chi connectivity index (χ0v) is 16.3. The minimum absolute atomic E-state index is 0.0734. The number of anilines is 2. The van der Waals surface area contributed by atoms with Crippen LogP contribution in [0.2, 0.25) is 0 Å². The van der Waals surface area contributed by atoms with Crippen molar-refractivity contribution in [3.8, 4) is 0 Å². The van der Waals surface area contributed by atoms with Gasteiger partial charge in [-0.3, -0.25) is 19.7 Å². The molecule has 2 aliphatic heterocycles. The molecule has 0 spiro atoms. The van der Waals surface area contributed by atoms with Crippen LogP contribution in [0.25, 0.3) is 0 Å². The number of H-pyrrole nitrogens is 1. The Labute approximate surface area is 169 Å². The monoisotopic (exact) mass is 388 g/mol. The molecule has 6 heteroatoms. The van der Waals surface area contributed by atoms with Gasteiger partial charge in [0.15, 0.2) is 0 Å². The second-order valence-electron chi connectivity index (χ2n) is 7.73. The summed E-state index contributed by atoms with van der Waals surface area (Å²) in [5.41, 5.74) is 7.17. The third-order valence-corrected chi connectivity index (χ3v) is 5.98. The summed E-state index contributed by atoms with van der Waals surface area (Å²) >= 11 is 0. The van der Waals surface area contributed by atoms with Crippen molar-refractivity contribution in [2.24, 2.45) is 0 Å². The number of aryl methyl sites for hydroxylation is 2. The standard InChI is InChI=1S/C23H24N4O2/c28-15-20-18-13-26(12-11-19(18)24-25-20)14-23(29)27-21-7-3-1-5-16(21)9-10-17-6-2-4-8-22(17)27/h1-8,28H,9-15H2,(H,24,25). The summed E-state index contributed by atoms with van der Waals surface area (Å²) < 4.78 is 0. The highest BCUT2D eigenvalue weighted by molar-refractivity contribution is 6.03. The molecule has 0 aliphatic carbocycles. The summed E-state index contributed by atoms with van der Waals surface area (Å²) in [6.07, 6.45) is 2.67. The number of rotatable bonds is 3. The lowest BCUT2D eigenvalue weighted by atomic mass is 10.0. The first kappa shape index (κ1) is 18.1. The molecule has 0 unspecified atom stereocenters. The summed E-state index contributed by atoms with van der Waals surface area (Å²) in [6, 6.07) is 16.4. The number of carbonyl (C=O) groups excluding carboxylic acids is 1. The van der Waals surface area contributed by atoms with Crippen LogP contribution in [0.4, 0.5) is 11.4 Å². The second kappa shape index (κ2) is 7.46. The molecule has 3 aromatic rings. The van der Waals surface area contributed by atoms with E-state index in [1.165, 1.54) is 11.1 Å². The number of fused-ring (bicyclic) bond motifs is 3. The van der Waals surface area contributed by atoms with Gasteiger partial charge in [-0.25, -0.2) is 0 Å². The van der Waals surface area contributed by atoms with E-state index in [0.29, 0.717) is 18.8 Å². The van der Waals surface area contributed by atoms with Crippen molar-refractivity contribution >= 4 is 17.3 Å². The van der Waals surface area contributed by atoms with Crippen LogP contribution in [0.5, 0.6) is 0 Å². The van der Waals surface area contributed by atoms with Crippen molar-refractivity contribution in [2.75, 3.05) is 18.0 Å². The molecule has 2 aromatic carbocycles. The smallest absolute Gasteiger partial charge is 0.245 e. The fraction of sp³-hybridized carbons (Fsp3) is 0.304. The average molecular weight is 388 g/mol. The van der Waals surface area contributed by atoms with Gasteiger partial charge in [-0.15, -0.1) is 0 Å². The molecule has 3 heterocycles. The highest BCUT2D eigenvalue weighted by Gasteiger charge is 2.29. The first-order valence-corrected chi connectivity index (χ1v) is 10.1. The van der Waals surface area contributed by atoms with E-state index in [0.717, 1.165) is 48.4 Å². The summed E-state index contributed by atoms with van der Waals surface area (Å²) in [6.45, 7) is 1.67. The number of aromatic amines is 1. The van der Waals surface area contributed by atoms with Crippen molar-refractivity contribution in [3.05, 3.63) is 76.6 Å². The van der Waals surface area contributed by atoms with Crippen LogP contribution in [0.1, 0.15) is 28.1 Å². The van der Waals surface area contributed by atoms with Crippen LogP contribution in [-0.4, -0.2) is 39.2 Å². The van der Waals surface area contributed by atoms with Crippen LogP contribution in [0.3, 0.4) is 0 Å². The predicted octanol–water partition coefficient (Wildman–Crippen LogP) is 2.72. The molecular formula is C23H24N4O2. The Bertz CT molecular complexity index is 998. The van der Waals surface area contributed by atoms with Crippen LogP contribution < -0.4 is 4.90 Å². The summed E-state index contributed by atoms with van der Waals surface area (Å²) in [4.78, 5) is 17.6. The zero-order chi connectivity index (χ0) is 19.8. The molecule has 5 rings (SSSR count). The van der Waals surface area contributed by atoms with Crippen molar-refractivity contribution in [2.45, 2.75) is 32.4 Å². The lowest BCUT2D eigenvalue weighted by Crippen LogP contribution is -2.41. The van der Waals surface area contributed by atoms with Gasteiger partial charge in [0.2, 0.25) is 5.91 Å². The summed E-state index contributed by atoms with van der Waals surface area (Å²) in [7, 11) is 0. The minimum atomic E-state index is -0.0828. The molecule has 0 fully saturated rings. The van der Waals surface area contributed by atoms with Crippen molar-refractivity contribution in [3.63, 3.8) is 0 Å². The normalized spacial score (nSPS) is 16.0. The third-order valence-electron chi connectivity index (χ3n) is 5.98. The number of nitrogens with one attached hydrogen (secondary N) is 1. The number of nitrogens with zero attached hydrogens (tertiary/aromatic N) is 3. The Morgan fingerprint density at radius 2 is 1.66 bits per heavy atom. The fourth-order valence-electron chi connectivity index (χ4n) is 4.49. The van der Waals surface area contributed by atoms with Crippen molar-refractivity contribution < 1.29 is 9.90 Å². The lowest BCUT2D eigenvalue weighted by Gasteiger charge is -2.30. The number of aromatic nitrogens is 2. The van der Waals surface area contributed by atoms with Crippen LogP contribution in [0, 0.1) is 0 Å². The first-order valence-electron chi connectivity index (χ1n) is 10.1. The SMILES string of the molecule is O=C(CN1CCc2[nH]nc(CO)c2C1)N1c2ccccc2CCc2ccccc21. The molecular weight excluding hydrogens is 364 g/mol. The maximum absolute atomic E-state index is 13.6. The maximum Gasteiger partial charge on any atom is 0.245 e. The Hall–Kier alpha value is -2.96. The van der Waals surface area contributed by atoms with Gasteiger partial charge in [-0.1, -0.05) is 36.4 Å². The van der Waals surface area contributed by atoms with E-state index in [2.05, 4.69) is 27.2 Å². The number of hydrogen-bond acceptors (Lipinski definition) is 4. The topological polar surface area (TPSA) is 72.5 Å². The summed E-state index contributed by atoms with van der Waals surface area (Å²) in [5, 5.41) is 16.7. The number of carbonyl (C=O) groups is 1. The number of amides is 1. The second-order valence-corrected chi connectivity index (χ2v) is 7.73. The van der Waals surface area contributed by atoms with Gasteiger partial charge in [0.05, 0.1) is 30.2 Å². The Balaban J connectivity index is 1.45. The van der Waals surface area contributed by atoms with E-state index in [4.69, 9.17) is 0 Å².